The van der Waals surface area contributed by atoms with Crippen LogP contribution in [0, 0.1) is 0 Å². The normalized spacial score (nSPS) is 11.6. The second kappa shape index (κ2) is 14.5. The molecule has 2 aromatic heterocycles. The van der Waals surface area contributed by atoms with Gasteiger partial charge in [0.2, 0.25) is 0 Å². The molecule has 61 heavy (non-hydrogen) atoms. The molecule has 2 nitrogen and oxygen atoms in total. The molecule has 0 spiro atoms. The molecule has 0 aliphatic carbocycles. The molecule has 0 bridgehead atoms. The topological polar surface area (TPSA) is 8.17 Å². The predicted octanol–water partition coefficient (Wildman–Crippen LogP) is 16.8. The van der Waals surface area contributed by atoms with Gasteiger partial charge < -0.3 is 9.47 Å². The van der Waals surface area contributed by atoms with Crippen molar-refractivity contribution in [2.45, 2.75) is 0 Å². The smallest absolute Gasteiger partial charge is 0.0619 e. The van der Waals surface area contributed by atoms with E-state index in [0.29, 0.717) is 0 Å². The second-order valence-electron chi connectivity index (χ2n) is 15.7. The van der Waals surface area contributed by atoms with Gasteiger partial charge in [0.1, 0.15) is 0 Å². The summed E-state index contributed by atoms with van der Waals surface area (Å²) in [6.07, 6.45) is 0. The number of hydrogen-bond acceptors (Lipinski definition) is 2. The molecule has 286 valence electrons. The molecule has 0 saturated carbocycles. The number of para-hydroxylation sites is 1. The Kier molecular flexibility index (Phi) is 8.39. The largest absolute Gasteiger partial charge is 0.311 e. The van der Waals surface area contributed by atoms with Crippen molar-refractivity contribution in [3.8, 4) is 39.1 Å². The zero-order chi connectivity index (χ0) is 40.3. The summed E-state index contributed by atoms with van der Waals surface area (Å²) in [4.78, 5) is 2.36. The number of benzene rings is 10. The molecule has 0 saturated heterocycles. The standard InChI is InChI=1S/C58H38N2S/c1-3-11-39(12-4-1)40-19-28-47(29-20-40)59(49-32-23-42(24-33-49)45-27-35-53-52-17-9-10-18-56(52)61-57(53)38-45)48-30-21-41(22-31-48)44-26-34-51-54-36-25-43-13-7-8-16-50(43)58(54)60(55(51)37-44)46-14-5-2-6-15-46/h1-38H. The van der Waals surface area contributed by atoms with Crippen LogP contribution >= 0.6 is 11.3 Å². The van der Waals surface area contributed by atoms with Crippen molar-refractivity contribution in [2.24, 2.45) is 0 Å². The summed E-state index contributed by atoms with van der Waals surface area (Å²) in [6.45, 7) is 0. The van der Waals surface area contributed by atoms with Crippen LogP contribution in [0.1, 0.15) is 0 Å². The zero-order valence-corrected chi connectivity index (χ0v) is 34.1. The Morgan fingerprint density at radius 3 is 1.46 bits per heavy atom. The number of fused-ring (bicyclic) bond motifs is 8. The molecule has 3 heteroatoms. The third kappa shape index (κ3) is 6.09. The Bertz CT molecular complexity index is 3550. The van der Waals surface area contributed by atoms with Gasteiger partial charge in [0.05, 0.1) is 11.0 Å². The van der Waals surface area contributed by atoms with E-state index in [1.807, 2.05) is 11.3 Å². The maximum absolute atomic E-state index is 2.44. The molecular formula is C58H38N2S. The van der Waals surface area contributed by atoms with Crippen molar-refractivity contribution >= 4 is 81.1 Å². The average molecular weight is 795 g/mol. The van der Waals surface area contributed by atoms with Gasteiger partial charge in [0.15, 0.2) is 0 Å². The van der Waals surface area contributed by atoms with Crippen molar-refractivity contribution in [3.05, 3.63) is 231 Å². The molecular weight excluding hydrogens is 757 g/mol. The molecule has 0 fully saturated rings. The maximum Gasteiger partial charge on any atom is 0.0619 e. The van der Waals surface area contributed by atoms with E-state index in [1.54, 1.807) is 0 Å². The fourth-order valence-electron chi connectivity index (χ4n) is 9.20. The summed E-state index contributed by atoms with van der Waals surface area (Å²) in [6, 6.07) is 84.1. The van der Waals surface area contributed by atoms with Gasteiger partial charge in [-0.2, -0.15) is 0 Å². The molecule has 0 atom stereocenters. The molecule has 2 heterocycles. The van der Waals surface area contributed by atoms with Crippen LogP contribution in [-0.2, 0) is 0 Å². The molecule has 0 amide bonds. The molecule has 10 aromatic carbocycles. The lowest BCUT2D eigenvalue weighted by Gasteiger charge is -2.26. The first-order chi connectivity index (χ1) is 30.2. The van der Waals surface area contributed by atoms with Gasteiger partial charge in [-0.15, -0.1) is 11.3 Å². The van der Waals surface area contributed by atoms with Crippen LogP contribution in [0.15, 0.2) is 231 Å². The van der Waals surface area contributed by atoms with Crippen LogP contribution < -0.4 is 4.90 Å². The Morgan fingerprint density at radius 2 is 0.787 bits per heavy atom. The monoisotopic (exact) mass is 794 g/mol. The SMILES string of the molecule is c1ccc(-c2ccc(N(c3ccc(-c4ccc5c(c4)sc4ccccc45)cc3)c3ccc(-c4ccc5c6ccc7ccccc7c6n(-c6ccccc6)c5c4)cc3)cc2)cc1. The molecule has 0 radical (unpaired) electrons. The van der Waals surface area contributed by atoms with Crippen LogP contribution in [0.25, 0.3) is 91.8 Å². The summed E-state index contributed by atoms with van der Waals surface area (Å²) in [5, 5.41) is 7.67. The zero-order valence-electron chi connectivity index (χ0n) is 33.2. The lowest BCUT2D eigenvalue weighted by Crippen LogP contribution is -2.09. The Morgan fingerprint density at radius 1 is 0.311 bits per heavy atom. The van der Waals surface area contributed by atoms with Crippen molar-refractivity contribution in [1.82, 2.24) is 4.57 Å². The van der Waals surface area contributed by atoms with Gasteiger partial charge in [-0.3, -0.25) is 0 Å². The third-order valence-electron chi connectivity index (χ3n) is 12.2. The summed E-state index contributed by atoms with van der Waals surface area (Å²) in [5.41, 5.74) is 14.1. The molecule has 12 rings (SSSR count). The molecule has 12 aromatic rings. The van der Waals surface area contributed by atoms with Crippen LogP contribution in [0.5, 0.6) is 0 Å². The van der Waals surface area contributed by atoms with Crippen LogP contribution in [-0.4, -0.2) is 4.57 Å². The minimum atomic E-state index is 1.10. The van der Waals surface area contributed by atoms with E-state index in [2.05, 4.69) is 240 Å². The molecule has 0 unspecified atom stereocenters. The van der Waals surface area contributed by atoms with Gasteiger partial charge >= 0.3 is 0 Å². The fraction of sp³-hybridized carbons (Fsp3) is 0. The molecule has 0 aliphatic heterocycles. The third-order valence-corrected chi connectivity index (χ3v) is 13.3. The first kappa shape index (κ1) is 35.2. The summed E-state index contributed by atoms with van der Waals surface area (Å²) in [5.74, 6) is 0. The van der Waals surface area contributed by atoms with Crippen molar-refractivity contribution in [3.63, 3.8) is 0 Å². The lowest BCUT2D eigenvalue weighted by molar-refractivity contribution is 1.19. The first-order valence-electron chi connectivity index (χ1n) is 20.8. The van der Waals surface area contributed by atoms with Gasteiger partial charge in [-0.05, 0) is 105 Å². The predicted molar refractivity (Wildman–Crippen MR) is 262 cm³/mol. The summed E-state index contributed by atoms with van der Waals surface area (Å²) >= 11 is 1.86. The molecule has 0 aliphatic rings. The number of anilines is 3. The number of aromatic nitrogens is 1. The Labute approximate surface area is 358 Å². The lowest BCUT2D eigenvalue weighted by atomic mass is 10.0. The van der Waals surface area contributed by atoms with E-state index >= 15 is 0 Å². The van der Waals surface area contributed by atoms with E-state index in [4.69, 9.17) is 0 Å². The van der Waals surface area contributed by atoms with Crippen LogP contribution in [0.2, 0.25) is 0 Å². The van der Waals surface area contributed by atoms with E-state index in [9.17, 15) is 0 Å². The van der Waals surface area contributed by atoms with Crippen molar-refractivity contribution < 1.29 is 0 Å². The summed E-state index contributed by atoms with van der Waals surface area (Å²) in [7, 11) is 0. The molecule has 0 N–H and O–H groups in total. The minimum Gasteiger partial charge on any atom is -0.311 e. The van der Waals surface area contributed by atoms with Crippen molar-refractivity contribution in [1.29, 1.82) is 0 Å². The number of rotatable bonds is 7. The van der Waals surface area contributed by atoms with E-state index < -0.39 is 0 Å². The highest BCUT2D eigenvalue weighted by atomic mass is 32.1. The highest BCUT2D eigenvalue weighted by Gasteiger charge is 2.18. The second-order valence-corrected chi connectivity index (χ2v) is 16.8. The van der Waals surface area contributed by atoms with Crippen LogP contribution in [0.3, 0.4) is 0 Å². The van der Waals surface area contributed by atoms with Gasteiger partial charge in [-0.25, -0.2) is 0 Å². The van der Waals surface area contributed by atoms with Gasteiger partial charge in [0, 0.05) is 59.1 Å². The van der Waals surface area contributed by atoms with Gasteiger partial charge in [0.25, 0.3) is 0 Å². The van der Waals surface area contributed by atoms with Crippen LogP contribution in [0.4, 0.5) is 17.1 Å². The highest BCUT2D eigenvalue weighted by Crippen LogP contribution is 2.42. The Balaban J connectivity index is 0.939. The number of thiophene rings is 1. The summed E-state index contributed by atoms with van der Waals surface area (Å²) < 4.78 is 5.09. The fourth-order valence-corrected chi connectivity index (χ4v) is 10.3. The first-order valence-corrected chi connectivity index (χ1v) is 21.6. The van der Waals surface area contributed by atoms with Crippen molar-refractivity contribution in [2.75, 3.05) is 4.90 Å². The quantitative estimate of drug-likeness (QED) is 0.156. The minimum absolute atomic E-state index is 1.10. The van der Waals surface area contributed by atoms with E-state index in [0.717, 1.165) is 22.7 Å². The highest BCUT2D eigenvalue weighted by molar-refractivity contribution is 7.25. The van der Waals surface area contributed by atoms with E-state index in [1.165, 1.54) is 86.1 Å². The number of hydrogen-bond donors (Lipinski definition) is 0. The average Bonchev–Trinajstić information content (AvgIpc) is 3.88. The Hall–Kier alpha value is -7.72. The van der Waals surface area contributed by atoms with E-state index in [-0.39, 0.29) is 0 Å². The van der Waals surface area contributed by atoms with Gasteiger partial charge in [-0.1, -0.05) is 164 Å². The maximum atomic E-state index is 2.44. The number of nitrogens with zero attached hydrogens (tertiary/aromatic N) is 2.